The standard InChI is InChI=1S/C10H17N3O2S2/c1-9-3-2-4-13(6-9)17(14,15)12-5-10-7-16-8-11-10/h7-9,12H,2-6H2,1H3. The van der Waals surface area contributed by atoms with Gasteiger partial charge in [-0.25, -0.2) is 4.98 Å². The molecule has 1 unspecified atom stereocenters. The van der Waals surface area contributed by atoms with Crippen molar-refractivity contribution in [3.05, 3.63) is 16.6 Å². The summed E-state index contributed by atoms with van der Waals surface area (Å²) in [6.45, 7) is 3.60. The van der Waals surface area contributed by atoms with Gasteiger partial charge in [0.2, 0.25) is 0 Å². The fourth-order valence-corrected chi connectivity index (χ4v) is 3.84. The maximum Gasteiger partial charge on any atom is 0.279 e. The van der Waals surface area contributed by atoms with E-state index in [1.54, 1.807) is 5.51 Å². The summed E-state index contributed by atoms with van der Waals surface area (Å²) in [6, 6.07) is 0. The van der Waals surface area contributed by atoms with E-state index in [1.165, 1.54) is 15.6 Å². The molecule has 1 aromatic rings. The molecule has 96 valence electrons. The lowest BCUT2D eigenvalue weighted by Crippen LogP contribution is -2.45. The molecule has 7 heteroatoms. The Bertz CT molecular complexity index is 444. The van der Waals surface area contributed by atoms with Gasteiger partial charge >= 0.3 is 0 Å². The average molecular weight is 275 g/mol. The summed E-state index contributed by atoms with van der Waals surface area (Å²) < 4.78 is 28.2. The predicted molar refractivity (Wildman–Crippen MR) is 67.8 cm³/mol. The first-order valence-electron chi connectivity index (χ1n) is 5.70. The Labute approximate surface area is 106 Å². The van der Waals surface area contributed by atoms with Crippen LogP contribution in [0.4, 0.5) is 0 Å². The monoisotopic (exact) mass is 275 g/mol. The van der Waals surface area contributed by atoms with Gasteiger partial charge in [-0.15, -0.1) is 11.3 Å². The Kier molecular flexibility index (Phi) is 4.13. The van der Waals surface area contributed by atoms with Crippen LogP contribution in [0.3, 0.4) is 0 Å². The van der Waals surface area contributed by atoms with Gasteiger partial charge in [0.25, 0.3) is 10.2 Å². The van der Waals surface area contributed by atoms with Crippen molar-refractivity contribution in [1.29, 1.82) is 0 Å². The van der Waals surface area contributed by atoms with Crippen LogP contribution in [0.1, 0.15) is 25.5 Å². The molecular weight excluding hydrogens is 258 g/mol. The van der Waals surface area contributed by atoms with E-state index in [4.69, 9.17) is 0 Å². The maximum absolute atomic E-state index is 12.0. The van der Waals surface area contributed by atoms with Crippen LogP contribution in [0, 0.1) is 5.92 Å². The number of piperidine rings is 1. The number of rotatable bonds is 4. The molecule has 1 aliphatic rings. The van der Waals surface area contributed by atoms with Gasteiger partial charge in [-0.05, 0) is 18.8 Å². The largest absolute Gasteiger partial charge is 0.279 e. The Hall–Kier alpha value is -0.500. The highest BCUT2D eigenvalue weighted by atomic mass is 32.2. The van der Waals surface area contributed by atoms with Crippen LogP contribution >= 0.6 is 11.3 Å². The first-order chi connectivity index (χ1) is 8.08. The highest BCUT2D eigenvalue weighted by Crippen LogP contribution is 2.17. The second-order valence-corrected chi connectivity index (χ2v) is 6.89. The molecule has 0 saturated carbocycles. The van der Waals surface area contributed by atoms with E-state index in [-0.39, 0.29) is 6.54 Å². The maximum atomic E-state index is 12.0. The van der Waals surface area contributed by atoms with E-state index in [0.717, 1.165) is 18.5 Å². The zero-order chi connectivity index (χ0) is 12.3. The second-order valence-electron chi connectivity index (χ2n) is 4.41. The molecule has 0 bridgehead atoms. The van der Waals surface area contributed by atoms with E-state index in [9.17, 15) is 8.42 Å². The summed E-state index contributed by atoms with van der Waals surface area (Å²) in [5, 5.41) is 1.85. The van der Waals surface area contributed by atoms with Crippen molar-refractivity contribution in [2.75, 3.05) is 13.1 Å². The first kappa shape index (κ1) is 12.9. The minimum atomic E-state index is -3.34. The molecule has 2 heterocycles. The van der Waals surface area contributed by atoms with Crippen molar-refractivity contribution >= 4 is 21.5 Å². The lowest BCUT2D eigenvalue weighted by Gasteiger charge is -2.29. The highest BCUT2D eigenvalue weighted by molar-refractivity contribution is 7.87. The normalized spacial score (nSPS) is 22.8. The van der Waals surface area contributed by atoms with Crippen molar-refractivity contribution in [2.24, 2.45) is 5.92 Å². The quantitative estimate of drug-likeness (QED) is 0.898. The molecule has 2 rings (SSSR count). The van der Waals surface area contributed by atoms with Crippen LogP contribution in [0.5, 0.6) is 0 Å². The van der Waals surface area contributed by atoms with Gasteiger partial charge in [-0.3, -0.25) is 0 Å². The fraction of sp³-hybridized carbons (Fsp3) is 0.700. The van der Waals surface area contributed by atoms with Crippen LogP contribution < -0.4 is 4.72 Å². The predicted octanol–water partition coefficient (Wildman–Crippen LogP) is 1.21. The lowest BCUT2D eigenvalue weighted by molar-refractivity contribution is 0.278. The minimum Gasteiger partial charge on any atom is -0.248 e. The van der Waals surface area contributed by atoms with Crippen molar-refractivity contribution in [3.63, 3.8) is 0 Å². The highest BCUT2D eigenvalue weighted by Gasteiger charge is 2.26. The van der Waals surface area contributed by atoms with Crippen LogP contribution in [0.2, 0.25) is 0 Å². The van der Waals surface area contributed by atoms with E-state index in [1.807, 2.05) is 5.38 Å². The number of aromatic nitrogens is 1. The topological polar surface area (TPSA) is 62.3 Å². The minimum absolute atomic E-state index is 0.275. The molecule has 5 nitrogen and oxygen atoms in total. The molecule has 17 heavy (non-hydrogen) atoms. The molecule has 0 radical (unpaired) electrons. The summed E-state index contributed by atoms with van der Waals surface area (Å²) in [5.74, 6) is 0.444. The molecule has 1 N–H and O–H groups in total. The molecule has 0 amide bonds. The summed E-state index contributed by atoms with van der Waals surface area (Å²) in [7, 11) is -3.34. The van der Waals surface area contributed by atoms with Crippen molar-refractivity contribution in [3.8, 4) is 0 Å². The third-order valence-electron chi connectivity index (χ3n) is 2.88. The van der Waals surface area contributed by atoms with E-state index in [2.05, 4.69) is 16.6 Å². The smallest absolute Gasteiger partial charge is 0.248 e. The molecule has 1 saturated heterocycles. The van der Waals surface area contributed by atoms with Crippen molar-refractivity contribution < 1.29 is 8.42 Å². The van der Waals surface area contributed by atoms with E-state index in [0.29, 0.717) is 19.0 Å². The molecule has 1 fully saturated rings. The zero-order valence-electron chi connectivity index (χ0n) is 9.80. The second kappa shape index (κ2) is 5.43. The zero-order valence-corrected chi connectivity index (χ0v) is 11.4. The Balaban J connectivity index is 1.94. The Morgan fingerprint density at radius 1 is 1.65 bits per heavy atom. The molecule has 0 aliphatic carbocycles. The van der Waals surface area contributed by atoms with Crippen LogP contribution in [0.25, 0.3) is 0 Å². The summed E-state index contributed by atoms with van der Waals surface area (Å²) in [4.78, 5) is 4.05. The van der Waals surface area contributed by atoms with E-state index < -0.39 is 10.2 Å². The van der Waals surface area contributed by atoms with Crippen LogP contribution in [-0.4, -0.2) is 30.8 Å². The number of nitrogens with one attached hydrogen (secondary N) is 1. The van der Waals surface area contributed by atoms with Gasteiger partial charge in [0, 0.05) is 18.5 Å². The van der Waals surface area contributed by atoms with Crippen molar-refractivity contribution in [2.45, 2.75) is 26.3 Å². The van der Waals surface area contributed by atoms with E-state index >= 15 is 0 Å². The summed E-state index contributed by atoms with van der Waals surface area (Å²) in [5.41, 5.74) is 2.47. The first-order valence-corrected chi connectivity index (χ1v) is 8.08. The molecule has 1 aromatic heterocycles. The van der Waals surface area contributed by atoms with Crippen LogP contribution in [-0.2, 0) is 16.8 Å². The van der Waals surface area contributed by atoms with Crippen LogP contribution in [0.15, 0.2) is 10.9 Å². The molecule has 0 spiro atoms. The van der Waals surface area contributed by atoms with Gasteiger partial charge in [-0.1, -0.05) is 6.92 Å². The molecule has 1 aliphatic heterocycles. The third kappa shape index (κ3) is 3.48. The number of hydrogen-bond donors (Lipinski definition) is 1. The number of hydrogen-bond acceptors (Lipinski definition) is 4. The average Bonchev–Trinajstić information content (AvgIpc) is 2.79. The lowest BCUT2D eigenvalue weighted by atomic mass is 10.0. The number of thiazole rings is 1. The Morgan fingerprint density at radius 3 is 3.12 bits per heavy atom. The van der Waals surface area contributed by atoms with Gasteiger partial charge in [0.15, 0.2) is 0 Å². The summed E-state index contributed by atoms with van der Waals surface area (Å²) >= 11 is 1.47. The third-order valence-corrected chi connectivity index (χ3v) is 5.03. The Morgan fingerprint density at radius 2 is 2.47 bits per heavy atom. The summed E-state index contributed by atoms with van der Waals surface area (Å²) in [6.07, 6.45) is 2.05. The fourth-order valence-electron chi connectivity index (χ4n) is 1.95. The molecule has 1 atom stereocenters. The van der Waals surface area contributed by atoms with Gasteiger partial charge in [0.05, 0.1) is 17.7 Å². The molecular formula is C10H17N3O2S2. The van der Waals surface area contributed by atoms with Gasteiger partial charge < -0.3 is 0 Å². The van der Waals surface area contributed by atoms with Crippen molar-refractivity contribution in [1.82, 2.24) is 14.0 Å². The SMILES string of the molecule is CC1CCCN(S(=O)(=O)NCc2cscn2)C1. The van der Waals surface area contributed by atoms with Gasteiger partial charge in [-0.2, -0.15) is 17.4 Å². The number of nitrogens with zero attached hydrogens (tertiary/aromatic N) is 2. The molecule has 0 aromatic carbocycles. The van der Waals surface area contributed by atoms with Gasteiger partial charge in [0.1, 0.15) is 0 Å².